The molecule has 0 aromatic carbocycles. The Kier molecular flexibility index (Phi) is 6.21. The lowest BCUT2D eigenvalue weighted by molar-refractivity contribution is 0.336. The van der Waals surface area contributed by atoms with Gasteiger partial charge in [0.15, 0.2) is 0 Å². The van der Waals surface area contributed by atoms with Gasteiger partial charge in [-0.2, -0.15) is 5.26 Å². The van der Waals surface area contributed by atoms with Crippen LogP contribution in [0.25, 0.3) is 0 Å². The number of hydrogen-bond donors (Lipinski definition) is 0. The lowest BCUT2D eigenvalue weighted by Gasteiger charge is -2.12. The maximum absolute atomic E-state index is 8.26. The van der Waals surface area contributed by atoms with Crippen molar-refractivity contribution in [1.29, 1.82) is 5.26 Å². The third kappa shape index (κ3) is 5.58. The number of hydrogen-bond acceptors (Lipinski definition) is 2. The van der Waals surface area contributed by atoms with Gasteiger partial charge in [0.05, 0.1) is 6.07 Å². The molecule has 0 atom stereocenters. The molecule has 2 heteroatoms. The van der Waals surface area contributed by atoms with E-state index in [4.69, 9.17) is 5.26 Å². The molecule has 0 aromatic rings. The zero-order valence-corrected chi connectivity index (χ0v) is 6.93. The molecule has 58 valence electrons. The van der Waals surface area contributed by atoms with Crippen molar-refractivity contribution in [2.75, 3.05) is 20.1 Å². The van der Waals surface area contributed by atoms with E-state index in [1.165, 1.54) is 12.8 Å². The molecule has 2 nitrogen and oxygen atoms in total. The van der Waals surface area contributed by atoms with E-state index in [0.29, 0.717) is 6.42 Å². The topological polar surface area (TPSA) is 27.0 Å². The molecule has 0 saturated heterocycles. The van der Waals surface area contributed by atoms with Crippen molar-refractivity contribution in [2.45, 2.75) is 26.2 Å². The maximum Gasteiger partial charge on any atom is 0.0635 e. The van der Waals surface area contributed by atoms with E-state index in [9.17, 15) is 0 Å². The van der Waals surface area contributed by atoms with Gasteiger partial charge < -0.3 is 4.90 Å². The quantitative estimate of drug-likeness (QED) is 0.580. The van der Waals surface area contributed by atoms with Crippen molar-refractivity contribution in [1.82, 2.24) is 4.90 Å². The fraction of sp³-hybridized carbons (Fsp3) is 0.875. The highest BCUT2D eigenvalue weighted by Gasteiger charge is 1.94. The van der Waals surface area contributed by atoms with E-state index in [1.807, 2.05) is 0 Å². The van der Waals surface area contributed by atoms with Crippen LogP contribution in [0.2, 0.25) is 0 Å². The van der Waals surface area contributed by atoms with Gasteiger partial charge in [0.1, 0.15) is 0 Å². The zero-order chi connectivity index (χ0) is 7.82. The highest BCUT2D eigenvalue weighted by molar-refractivity contribution is 4.70. The summed E-state index contributed by atoms with van der Waals surface area (Å²) in [5.74, 6) is 0. The van der Waals surface area contributed by atoms with E-state index in [-0.39, 0.29) is 0 Å². The van der Waals surface area contributed by atoms with Crippen molar-refractivity contribution in [3.05, 3.63) is 0 Å². The minimum atomic E-state index is 0.653. The Balaban J connectivity index is 3.10. The van der Waals surface area contributed by atoms with Gasteiger partial charge in [-0.25, -0.2) is 0 Å². The van der Waals surface area contributed by atoms with Crippen LogP contribution >= 0.6 is 0 Å². The molecule has 0 aromatic heterocycles. The molecule has 0 rings (SSSR count). The fourth-order valence-corrected chi connectivity index (χ4v) is 0.781. The first-order chi connectivity index (χ1) is 4.81. The van der Waals surface area contributed by atoms with Gasteiger partial charge in [-0.15, -0.1) is 0 Å². The van der Waals surface area contributed by atoms with Crippen LogP contribution in [0.1, 0.15) is 26.2 Å². The summed E-state index contributed by atoms with van der Waals surface area (Å²) in [6, 6.07) is 2.13. The summed E-state index contributed by atoms with van der Waals surface area (Å²) in [4.78, 5) is 2.20. The van der Waals surface area contributed by atoms with Crippen LogP contribution < -0.4 is 0 Å². The number of nitriles is 1. The first-order valence-corrected chi connectivity index (χ1v) is 3.86. The number of unbranched alkanes of at least 4 members (excludes halogenated alkanes) is 1. The minimum absolute atomic E-state index is 0.653. The average molecular weight is 140 g/mol. The van der Waals surface area contributed by atoms with Crippen LogP contribution in [-0.4, -0.2) is 25.0 Å². The molecule has 0 aliphatic rings. The van der Waals surface area contributed by atoms with Gasteiger partial charge in [-0.05, 0) is 20.0 Å². The summed E-state index contributed by atoms with van der Waals surface area (Å²) in [5.41, 5.74) is 0. The largest absolute Gasteiger partial charge is 0.305 e. The average Bonchev–Trinajstić information content (AvgIpc) is 1.97. The molecule has 0 heterocycles. The normalized spacial score (nSPS) is 9.80. The first kappa shape index (κ1) is 9.45. The Morgan fingerprint density at radius 2 is 2.10 bits per heavy atom. The van der Waals surface area contributed by atoms with E-state index in [0.717, 1.165) is 13.1 Å². The Bertz CT molecular complexity index is 104. The highest BCUT2D eigenvalue weighted by atomic mass is 15.1. The van der Waals surface area contributed by atoms with E-state index in [1.54, 1.807) is 0 Å². The molecule has 0 bridgehead atoms. The molecule has 0 amide bonds. The van der Waals surface area contributed by atoms with E-state index >= 15 is 0 Å². The van der Waals surface area contributed by atoms with Gasteiger partial charge in [-0.3, -0.25) is 0 Å². The molecular weight excluding hydrogens is 124 g/mol. The molecule has 0 saturated carbocycles. The van der Waals surface area contributed by atoms with Crippen molar-refractivity contribution in [2.24, 2.45) is 0 Å². The Morgan fingerprint density at radius 1 is 1.40 bits per heavy atom. The lowest BCUT2D eigenvalue weighted by Crippen LogP contribution is -2.20. The van der Waals surface area contributed by atoms with Crippen LogP contribution in [0, 0.1) is 11.3 Å². The van der Waals surface area contributed by atoms with Crippen LogP contribution in [0.3, 0.4) is 0 Å². The predicted octanol–water partition coefficient (Wildman–Crippen LogP) is 1.63. The summed E-state index contributed by atoms with van der Waals surface area (Å²) >= 11 is 0. The van der Waals surface area contributed by atoms with Gasteiger partial charge >= 0.3 is 0 Å². The molecule has 0 fully saturated rings. The van der Waals surface area contributed by atoms with Crippen molar-refractivity contribution < 1.29 is 0 Å². The summed E-state index contributed by atoms with van der Waals surface area (Å²) in [6.45, 7) is 4.22. The highest BCUT2D eigenvalue weighted by Crippen LogP contribution is 1.91. The van der Waals surface area contributed by atoms with E-state index < -0.39 is 0 Å². The molecule has 0 N–H and O–H groups in total. The maximum atomic E-state index is 8.26. The Labute approximate surface area is 63.4 Å². The first-order valence-electron chi connectivity index (χ1n) is 3.86. The number of rotatable bonds is 5. The summed E-state index contributed by atoms with van der Waals surface area (Å²) < 4.78 is 0. The van der Waals surface area contributed by atoms with Crippen LogP contribution in [0.5, 0.6) is 0 Å². The second-order valence-electron chi connectivity index (χ2n) is 2.56. The van der Waals surface area contributed by atoms with Gasteiger partial charge in [0.2, 0.25) is 0 Å². The van der Waals surface area contributed by atoms with Crippen LogP contribution in [0.4, 0.5) is 0 Å². The Morgan fingerprint density at radius 3 is 2.60 bits per heavy atom. The molecule has 0 radical (unpaired) electrons. The monoisotopic (exact) mass is 140 g/mol. The third-order valence-corrected chi connectivity index (χ3v) is 1.50. The molecule has 0 aliphatic carbocycles. The summed E-state index contributed by atoms with van der Waals surface area (Å²) in [7, 11) is 2.06. The summed E-state index contributed by atoms with van der Waals surface area (Å²) in [5, 5.41) is 8.26. The second kappa shape index (κ2) is 6.57. The van der Waals surface area contributed by atoms with Gasteiger partial charge in [-0.1, -0.05) is 13.3 Å². The lowest BCUT2D eigenvalue weighted by atomic mass is 10.3. The summed E-state index contributed by atoms with van der Waals surface area (Å²) in [6.07, 6.45) is 3.12. The van der Waals surface area contributed by atoms with Crippen molar-refractivity contribution >= 4 is 0 Å². The Hall–Kier alpha value is -0.550. The molecule has 0 aliphatic heterocycles. The fourth-order valence-electron chi connectivity index (χ4n) is 0.781. The zero-order valence-electron chi connectivity index (χ0n) is 6.93. The van der Waals surface area contributed by atoms with Crippen LogP contribution in [0.15, 0.2) is 0 Å². The molecule has 0 spiro atoms. The van der Waals surface area contributed by atoms with E-state index in [2.05, 4.69) is 24.9 Å². The molecule has 10 heavy (non-hydrogen) atoms. The smallest absolute Gasteiger partial charge is 0.0635 e. The molecule has 0 unspecified atom stereocenters. The second-order valence-corrected chi connectivity index (χ2v) is 2.56. The van der Waals surface area contributed by atoms with Crippen molar-refractivity contribution in [3.63, 3.8) is 0 Å². The van der Waals surface area contributed by atoms with Gasteiger partial charge in [0.25, 0.3) is 0 Å². The molecular formula is C8H16N2. The van der Waals surface area contributed by atoms with Gasteiger partial charge in [0, 0.05) is 13.0 Å². The predicted molar refractivity (Wildman–Crippen MR) is 42.6 cm³/mol. The van der Waals surface area contributed by atoms with Crippen LogP contribution in [-0.2, 0) is 0 Å². The van der Waals surface area contributed by atoms with Crippen molar-refractivity contribution in [3.8, 4) is 6.07 Å². The third-order valence-electron chi connectivity index (χ3n) is 1.50. The number of nitrogens with zero attached hydrogens (tertiary/aromatic N) is 2. The minimum Gasteiger partial charge on any atom is -0.305 e. The SMILES string of the molecule is CCCCN(C)CCC#N. The standard InChI is InChI=1S/C8H16N2/c1-3-4-7-10(2)8-5-6-9/h3-5,7-8H2,1-2H3.